The molecule has 1 aromatic heterocycles. The quantitative estimate of drug-likeness (QED) is 0.917. The average Bonchev–Trinajstić information content (AvgIpc) is 2.35. The lowest BCUT2D eigenvalue weighted by Gasteiger charge is -2.17. The largest absolute Gasteiger partial charge is 0.322 e. The third-order valence-corrected chi connectivity index (χ3v) is 3.38. The first kappa shape index (κ1) is 13.6. The Bertz CT molecular complexity index is 643. The smallest absolute Gasteiger partial charge is 0.250 e. The Hall–Kier alpha value is -1.87. The second-order valence-corrected chi connectivity index (χ2v) is 5.16. The minimum atomic E-state index is -0.166. The van der Waals surface area contributed by atoms with Crippen molar-refractivity contribution in [1.82, 2.24) is 4.57 Å². The van der Waals surface area contributed by atoms with Crippen molar-refractivity contribution in [3.63, 3.8) is 0 Å². The van der Waals surface area contributed by atoms with E-state index in [1.54, 1.807) is 10.6 Å². The summed E-state index contributed by atoms with van der Waals surface area (Å²) in [5.74, 6) is 0. The van der Waals surface area contributed by atoms with Crippen LogP contribution in [-0.4, -0.2) is 4.57 Å². The van der Waals surface area contributed by atoms with E-state index in [4.69, 9.17) is 5.73 Å². The molecule has 0 fully saturated rings. The molecule has 0 aliphatic rings. The summed E-state index contributed by atoms with van der Waals surface area (Å²) in [6.07, 6.45) is 1.81. The van der Waals surface area contributed by atoms with E-state index < -0.39 is 0 Å². The summed E-state index contributed by atoms with van der Waals surface area (Å²) >= 11 is 0. The molecule has 19 heavy (non-hydrogen) atoms. The maximum atomic E-state index is 11.9. The number of nitrogens with zero attached hydrogens (tertiary/aromatic N) is 1. The van der Waals surface area contributed by atoms with Crippen molar-refractivity contribution >= 4 is 0 Å². The van der Waals surface area contributed by atoms with Gasteiger partial charge in [-0.3, -0.25) is 4.79 Å². The van der Waals surface area contributed by atoms with Crippen LogP contribution in [0.25, 0.3) is 0 Å². The summed E-state index contributed by atoms with van der Waals surface area (Å²) in [6, 6.07) is 9.64. The van der Waals surface area contributed by atoms with Crippen LogP contribution in [0.5, 0.6) is 0 Å². The van der Waals surface area contributed by atoms with Crippen LogP contribution in [-0.2, 0) is 6.54 Å². The van der Waals surface area contributed by atoms with E-state index in [1.165, 1.54) is 11.1 Å². The minimum absolute atomic E-state index is 0.000700. The molecule has 0 aliphatic heterocycles. The molecule has 0 spiro atoms. The predicted octanol–water partition coefficient (Wildman–Crippen LogP) is 2.47. The van der Waals surface area contributed by atoms with E-state index in [0.29, 0.717) is 6.54 Å². The number of hydrogen-bond donors (Lipinski definition) is 1. The number of rotatable bonds is 3. The third-order valence-electron chi connectivity index (χ3n) is 3.38. The van der Waals surface area contributed by atoms with Crippen molar-refractivity contribution in [1.29, 1.82) is 0 Å². The topological polar surface area (TPSA) is 48.0 Å². The van der Waals surface area contributed by atoms with Gasteiger partial charge in [-0.2, -0.15) is 0 Å². The van der Waals surface area contributed by atoms with Gasteiger partial charge in [0, 0.05) is 24.8 Å². The fraction of sp³-hybridized carbons (Fsp3) is 0.312. The maximum absolute atomic E-state index is 11.9. The highest BCUT2D eigenvalue weighted by Gasteiger charge is 2.10. The third kappa shape index (κ3) is 3.12. The van der Waals surface area contributed by atoms with Gasteiger partial charge in [0.15, 0.2) is 0 Å². The van der Waals surface area contributed by atoms with Gasteiger partial charge in [0.2, 0.25) is 0 Å². The van der Waals surface area contributed by atoms with Crippen LogP contribution in [0, 0.1) is 20.8 Å². The van der Waals surface area contributed by atoms with Crippen LogP contribution in [0.15, 0.2) is 41.3 Å². The highest BCUT2D eigenvalue weighted by Crippen LogP contribution is 2.18. The number of nitrogens with two attached hydrogens (primary N) is 1. The second-order valence-electron chi connectivity index (χ2n) is 5.16. The Morgan fingerprint density at radius 2 is 1.79 bits per heavy atom. The maximum Gasteiger partial charge on any atom is 0.250 e. The zero-order chi connectivity index (χ0) is 14.0. The first-order valence-corrected chi connectivity index (χ1v) is 6.47. The van der Waals surface area contributed by atoms with Crippen molar-refractivity contribution in [2.24, 2.45) is 5.73 Å². The average molecular weight is 256 g/mol. The predicted molar refractivity (Wildman–Crippen MR) is 78.3 cm³/mol. The lowest BCUT2D eigenvalue weighted by atomic mass is 9.99. The van der Waals surface area contributed by atoms with Crippen LogP contribution in [0.3, 0.4) is 0 Å². The zero-order valence-corrected chi connectivity index (χ0v) is 11.7. The Balaban J connectivity index is 2.28. The van der Waals surface area contributed by atoms with Crippen LogP contribution < -0.4 is 11.3 Å². The van der Waals surface area contributed by atoms with E-state index in [1.807, 2.05) is 33.0 Å². The molecule has 2 aromatic rings. The molecular formula is C16H20N2O. The lowest BCUT2D eigenvalue weighted by Crippen LogP contribution is -2.26. The molecule has 2 N–H and O–H groups in total. The molecule has 0 radical (unpaired) electrons. The van der Waals surface area contributed by atoms with Gasteiger partial charge in [0.25, 0.3) is 5.56 Å². The van der Waals surface area contributed by atoms with Crippen molar-refractivity contribution in [2.75, 3.05) is 0 Å². The Kier molecular flexibility index (Phi) is 3.86. The van der Waals surface area contributed by atoms with E-state index in [2.05, 4.69) is 18.2 Å². The summed E-state index contributed by atoms with van der Waals surface area (Å²) in [5, 5.41) is 0. The highest BCUT2D eigenvalue weighted by atomic mass is 16.1. The fourth-order valence-electron chi connectivity index (χ4n) is 2.23. The minimum Gasteiger partial charge on any atom is -0.322 e. The van der Waals surface area contributed by atoms with Gasteiger partial charge in [-0.15, -0.1) is 0 Å². The normalized spacial score (nSPS) is 12.4. The summed E-state index contributed by atoms with van der Waals surface area (Å²) in [4.78, 5) is 11.9. The molecular weight excluding hydrogens is 236 g/mol. The zero-order valence-electron chi connectivity index (χ0n) is 11.7. The number of hydrogen-bond acceptors (Lipinski definition) is 2. The van der Waals surface area contributed by atoms with E-state index in [9.17, 15) is 4.79 Å². The van der Waals surface area contributed by atoms with Crippen molar-refractivity contribution in [3.8, 4) is 0 Å². The molecule has 0 saturated carbocycles. The van der Waals surface area contributed by atoms with Crippen LogP contribution in [0.2, 0.25) is 0 Å². The molecule has 3 nitrogen and oxygen atoms in total. The molecule has 100 valence electrons. The summed E-state index contributed by atoms with van der Waals surface area (Å²) < 4.78 is 1.67. The molecule has 1 heterocycles. The molecule has 0 aliphatic carbocycles. The molecule has 2 rings (SSSR count). The second kappa shape index (κ2) is 5.41. The molecule has 3 heteroatoms. The van der Waals surface area contributed by atoms with E-state index >= 15 is 0 Å². The van der Waals surface area contributed by atoms with Gasteiger partial charge in [0.05, 0.1) is 0 Å². The van der Waals surface area contributed by atoms with E-state index in [-0.39, 0.29) is 11.6 Å². The SMILES string of the molecule is Cc1ccc(C)c(C(N)Cn2ccc(C)cc2=O)c1. The summed E-state index contributed by atoms with van der Waals surface area (Å²) in [6.45, 7) is 6.51. The van der Waals surface area contributed by atoms with Crippen LogP contribution in [0.4, 0.5) is 0 Å². The number of benzene rings is 1. The van der Waals surface area contributed by atoms with Crippen LogP contribution >= 0.6 is 0 Å². The standard InChI is InChI=1S/C16H20N2O/c1-11-4-5-13(3)14(8-11)15(17)10-18-7-6-12(2)9-16(18)19/h4-9,15H,10,17H2,1-3H3. The van der Waals surface area contributed by atoms with Gasteiger partial charge in [-0.1, -0.05) is 23.8 Å². The summed E-state index contributed by atoms with van der Waals surface area (Å²) in [7, 11) is 0. The monoisotopic (exact) mass is 256 g/mol. The molecule has 0 saturated heterocycles. The van der Waals surface area contributed by atoms with Crippen LogP contribution in [0.1, 0.15) is 28.3 Å². The first-order chi connectivity index (χ1) is 8.97. The molecule has 0 bridgehead atoms. The van der Waals surface area contributed by atoms with Gasteiger partial charge in [-0.05, 0) is 43.5 Å². The fourth-order valence-corrected chi connectivity index (χ4v) is 2.23. The Morgan fingerprint density at radius 3 is 2.47 bits per heavy atom. The first-order valence-electron chi connectivity index (χ1n) is 6.47. The van der Waals surface area contributed by atoms with Crippen molar-refractivity contribution in [3.05, 3.63) is 69.1 Å². The van der Waals surface area contributed by atoms with Gasteiger partial charge < -0.3 is 10.3 Å². The molecule has 1 unspecified atom stereocenters. The van der Waals surface area contributed by atoms with Gasteiger partial charge in [0.1, 0.15) is 0 Å². The number of pyridine rings is 1. The highest BCUT2D eigenvalue weighted by molar-refractivity contribution is 5.32. The lowest BCUT2D eigenvalue weighted by molar-refractivity contribution is 0.559. The summed E-state index contributed by atoms with van der Waals surface area (Å²) in [5.41, 5.74) is 10.7. The molecule has 0 amide bonds. The van der Waals surface area contributed by atoms with Crippen molar-refractivity contribution < 1.29 is 0 Å². The number of aryl methyl sites for hydroxylation is 3. The Labute approximate surface area is 113 Å². The van der Waals surface area contributed by atoms with Gasteiger partial charge in [-0.25, -0.2) is 0 Å². The Morgan fingerprint density at radius 1 is 1.11 bits per heavy atom. The van der Waals surface area contributed by atoms with E-state index in [0.717, 1.165) is 11.1 Å². The van der Waals surface area contributed by atoms with Gasteiger partial charge >= 0.3 is 0 Å². The molecule has 1 atom stereocenters. The van der Waals surface area contributed by atoms with Crippen molar-refractivity contribution in [2.45, 2.75) is 33.4 Å². The number of aromatic nitrogens is 1. The molecule has 1 aromatic carbocycles.